The summed E-state index contributed by atoms with van der Waals surface area (Å²) in [5, 5.41) is 5.71. The zero-order valence-electron chi connectivity index (χ0n) is 24.1. The van der Waals surface area contributed by atoms with Crippen molar-refractivity contribution in [3.05, 3.63) is 81.1 Å². The van der Waals surface area contributed by atoms with Crippen LogP contribution in [0, 0.1) is 0 Å². The number of furan rings is 1. The summed E-state index contributed by atoms with van der Waals surface area (Å²) >= 11 is 3.55. The topological polar surface area (TPSA) is 118 Å². The van der Waals surface area contributed by atoms with E-state index in [9.17, 15) is 9.59 Å². The summed E-state index contributed by atoms with van der Waals surface area (Å²) in [6, 6.07) is 17.8. The normalized spacial score (nSPS) is 13.6. The highest BCUT2D eigenvalue weighted by molar-refractivity contribution is 9.10. The SMILES string of the molecule is CCOc1cc(C=Nn2c(-c3cc4c(OC)cccc4o3)nc3ccccc3c2=O)cc(Br)c1OCC(=O)N1CCOCC1. The molecule has 3 heterocycles. The van der Waals surface area contributed by atoms with Crippen molar-refractivity contribution < 1.29 is 28.2 Å². The Morgan fingerprint density at radius 2 is 1.86 bits per heavy atom. The van der Waals surface area contributed by atoms with Gasteiger partial charge in [-0.2, -0.15) is 9.78 Å². The average Bonchev–Trinajstić information content (AvgIpc) is 3.49. The van der Waals surface area contributed by atoms with Gasteiger partial charge in [0, 0.05) is 13.1 Å². The van der Waals surface area contributed by atoms with E-state index in [4.69, 9.17) is 28.3 Å². The molecule has 6 rings (SSSR count). The van der Waals surface area contributed by atoms with E-state index in [1.165, 1.54) is 10.9 Å². The van der Waals surface area contributed by atoms with E-state index in [0.29, 0.717) is 82.4 Å². The minimum absolute atomic E-state index is 0.132. The number of carbonyl (C=O) groups is 1. The highest BCUT2D eigenvalue weighted by Gasteiger charge is 2.21. The molecule has 5 aromatic rings. The number of ether oxygens (including phenoxy) is 4. The zero-order chi connectivity index (χ0) is 30.6. The molecule has 11 nitrogen and oxygen atoms in total. The molecule has 1 aliphatic rings. The van der Waals surface area contributed by atoms with Gasteiger partial charge in [-0.1, -0.05) is 18.2 Å². The van der Waals surface area contributed by atoms with Crippen molar-refractivity contribution in [3.8, 4) is 28.8 Å². The fourth-order valence-electron chi connectivity index (χ4n) is 4.94. The number of benzene rings is 3. The maximum Gasteiger partial charge on any atom is 0.282 e. The van der Waals surface area contributed by atoms with Crippen LogP contribution < -0.4 is 19.8 Å². The number of para-hydroxylation sites is 1. The number of nitrogens with zero attached hydrogens (tertiary/aromatic N) is 4. The predicted octanol–water partition coefficient (Wildman–Crippen LogP) is 5.10. The summed E-state index contributed by atoms with van der Waals surface area (Å²) in [4.78, 5) is 32.8. The largest absolute Gasteiger partial charge is 0.496 e. The van der Waals surface area contributed by atoms with E-state index in [-0.39, 0.29) is 23.9 Å². The molecule has 0 unspecified atom stereocenters. The Kier molecular flexibility index (Phi) is 8.62. The van der Waals surface area contributed by atoms with Crippen LogP contribution in [-0.2, 0) is 9.53 Å². The van der Waals surface area contributed by atoms with E-state index in [0.717, 1.165) is 5.39 Å². The first-order valence-electron chi connectivity index (χ1n) is 14.0. The molecule has 226 valence electrons. The van der Waals surface area contributed by atoms with Gasteiger partial charge in [0.2, 0.25) is 5.82 Å². The van der Waals surface area contributed by atoms with E-state index in [2.05, 4.69) is 21.0 Å². The van der Waals surface area contributed by atoms with Crippen molar-refractivity contribution in [2.75, 3.05) is 46.6 Å². The van der Waals surface area contributed by atoms with Crippen molar-refractivity contribution in [3.63, 3.8) is 0 Å². The molecule has 2 aromatic heterocycles. The van der Waals surface area contributed by atoms with Crippen molar-refractivity contribution in [1.29, 1.82) is 0 Å². The Hall–Kier alpha value is -4.68. The zero-order valence-corrected chi connectivity index (χ0v) is 25.7. The molecule has 1 aliphatic heterocycles. The van der Waals surface area contributed by atoms with Crippen molar-refractivity contribution >= 4 is 49.9 Å². The monoisotopic (exact) mass is 660 g/mol. The van der Waals surface area contributed by atoms with Crippen LogP contribution in [0.5, 0.6) is 17.2 Å². The van der Waals surface area contributed by atoms with E-state index < -0.39 is 0 Å². The van der Waals surface area contributed by atoms with Gasteiger partial charge in [0.05, 0.1) is 53.9 Å². The maximum atomic E-state index is 13.7. The number of methoxy groups -OCH3 is 1. The molecule has 0 radical (unpaired) electrons. The molecule has 44 heavy (non-hydrogen) atoms. The van der Waals surface area contributed by atoms with E-state index >= 15 is 0 Å². The number of hydrogen-bond acceptors (Lipinski definition) is 9. The standard InChI is InChI=1S/C32H29BrN4O7/c1-3-42-27-16-20(15-23(33)30(27)43-19-29(38)36-11-13-41-14-12-36)18-34-37-31(35-24-8-5-4-7-21(24)32(37)39)28-17-22-25(40-2)9-6-10-26(22)44-28/h4-10,15-18H,3,11-14,19H2,1-2H3. The maximum absolute atomic E-state index is 13.7. The van der Waals surface area contributed by atoms with Crippen LogP contribution in [0.25, 0.3) is 33.5 Å². The molecular formula is C32H29BrN4O7. The number of rotatable bonds is 9. The third-order valence-electron chi connectivity index (χ3n) is 7.07. The first-order chi connectivity index (χ1) is 21.5. The number of morpholine rings is 1. The highest BCUT2D eigenvalue weighted by atomic mass is 79.9. The minimum atomic E-state index is -0.361. The van der Waals surface area contributed by atoms with Crippen molar-refractivity contribution in [2.24, 2.45) is 5.10 Å². The first-order valence-corrected chi connectivity index (χ1v) is 14.8. The van der Waals surface area contributed by atoms with Gasteiger partial charge in [0.25, 0.3) is 11.5 Å². The third-order valence-corrected chi connectivity index (χ3v) is 7.66. The van der Waals surface area contributed by atoms with Crippen LogP contribution in [-0.4, -0.2) is 73.3 Å². The highest BCUT2D eigenvalue weighted by Crippen LogP contribution is 2.37. The second kappa shape index (κ2) is 12.9. The molecule has 0 N–H and O–H groups in total. The molecule has 12 heteroatoms. The summed E-state index contributed by atoms with van der Waals surface area (Å²) < 4.78 is 30.5. The van der Waals surface area contributed by atoms with Gasteiger partial charge in [-0.05, 0) is 70.9 Å². The summed E-state index contributed by atoms with van der Waals surface area (Å²) in [5.74, 6) is 1.91. The first kappa shape index (κ1) is 29.4. The Labute approximate surface area is 260 Å². The van der Waals surface area contributed by atoms with Gasteiger partial charge in [-0.25, -0.2) is 4.98 Å². The number of fused-ring (bicyclic) bond motifs is 2. The van der Waals surface area contributed by atoms with Gasteiger partial charge in [0.15, 0.2) is 23.9 Å². The molecule has 1 saturated heterocycles. The van der Waals surface area contributed by atoms with Crippen LogP contribution in [0.4, 0.5) is 0 Å². The summed E-state index contributed by atoms with van der Waals surface area (Å²) in [7, 11) is 1.59. The number of halogens is 1. The van der Waals surface area contributed by atoms with Crippen LogP contribution in [0.1, 0.15) is 12.5 Å². The average molecular weight is 662 g/mol. The Morgan fingerprint density at radius 1 is 1.05 bits per heavy atom. The van der Waals surface area contributed by atoms with Crippen LogP contribution >= 0.6 is 15.9 Å². The Bertz CT molecular complexity index is 1930. The summed E-state index contributed by atoms with van der Waals surface area (Å²) in [6.07, 6.45) is 1.53. The predicted molar refractivity (Wildman–Crippen MR) is 169 cm³/mol. The lowest BCUT2D eigenvalue weighted by molar-refractivity contribution is -0.137. The molecule has 0 atom stereocenters. The Morgan fingerprint density at radius 3 is 2.66 bits per heavy atom. The van der Waals surface area contributed by atoms with Crippen LogP contribution in [0.3, 0.4) is 0 Å². The Balaban J connectivity index is 1.37. The van der Waals surface area contributed by atoms with Gasteiger partial charge in [0.1, 0.15) is 11.3 Å². The van der Waals surface area contributed by atoms with Crippen molar-refractivity contribution in [1.82, 2.24) is 14.6 Å². The molecule has 0 spiro atoms. The van der Waals surface area contributed by atoms with Gasteiger partial charge in [-0.15, -0.1) is 0 Å². The molecule has 3 aromatic carbocycles. The fourth-order valence-corrected chi connectivity index (χ4v) is 5.51. The second-order valence-corrected chi connectivity index (χ2v) is 10.7. The number of carbonyl (C=O) groups excluding carboxylic acids is 1. The lowest BCUT2D eigenvalue weighted by Gasteiger charge is -2.27. The van der Waals surface area contributed by atoms with Crippen LogP contribution in [0.15, 0.2) is 79.4 Å². The fraction of sp³-hybridized carbons (Fsp3) is 0.250. The number of aromatic nitrogens is 2. The molecule has 1 amide bonds. The minimum Gasteiger partial charge on any atom is -0.496 e. The lowest BCUT2D eigenvalue weighted by atomic mass is 10.2. The lowest BCUT2D eigenvalue weighted by Crippen LogP contribution is -2.43. The summed E-state index contributed by atoms with van der Waals surface area (Å²) in [5.41, 5.74) is 1.36. The molecule has 0 bridgehead atoms. The van der Waals surface area contributed by atoms with Crippen molar-refractivity contribution in [2.45, 2.75) is 6.92 Å². The molecule has 1 fully saturated rings. The summed E-state index contributed by atoms with van der Waals surface area (Å²) in [6.45, 7) is 4.16. The second-order valence-electron chi connectivity index (χ2n) is 9.84. The quantitative estimate of drug-likeness (QED) is 0.201. The smallest absolute Gasteiger partial charge is 0.282 e. The molecule has 0 aliphatic carbocycles. The van der Waals surface area contributed by atoms with E-state index in [1.54, 1.807) is 48.4 Å². The molecule has 0 saturated carbocycles. The van der Waals surface area contributed by atoms with Gasteiger partial charge < -0.3 is 28.3 Å². The number of hydrogen-bond donors (Lipinski definition) is 0. The number of amides is 1. The van der Waals surface area contributed by atoms with Gasteiger partial charge in [-0.3, -0.25) is 9.59 Å². The van der Waals surface area contributed by atoms with E-state index in [1.807, 2.05) is 31.2 Å². The van der Waals surface area contributed by atoms with Gasteiger partial charge >= 0.3 is 0 Å². The van der Waals surface area contributed by atoms with Crippen LogP contribution in [0.2, 0.25) is 0 Å². The third kappa shape index (κ3) is 5.90. The molecular weight excluding hydrogens is 632 g/mol.